The Morgan fingerprint density at radius 1 is 0.750 bits per heavy atom. The molecule has 0 aromatic heterocycles. The molecule has 4 bridgehead atoms. The van der Waals surface area contributed by atoms with Gasteiger partial charge in [-0.1, -0.05) is 0 Å². The van der Waals surface area contributed by atoms with Crippen LogP contribution in [-0.2, 0) is 0 Å². The van der Waals surface area contributed by atoms with Crippen LogP contribution in [0.25, 0.3) is 0 Å². The molecule has 88 valence electrons. The number of fused-ring (bicyclic) bond motifs is 4. The van der Waals surface area contributed by atoms with Gasteiger partial charge in [-0.05, 0) is 86.4 Å². The van der Waals surface area contributed by atoms with Gasteiger partial charge >= 0.3 is 0 Å². The molecule has 0 nitrogen and oxygen atoms in total. The molecule has 0 aliphatic heterocycles. The van der Waals surface area contributed by atoms with E-state index in [0.29, 0.717) is 7.80 Å². The number of hydrogen-bond donors (Lipinski definition) is 0. The van der Waals surface area contributed by atoms with Gasteiger partial charge in [-0.25, -0.2) is 0 Å². The molecule has 4 fully saturated rings. The SMILES string of the molecule is BP(C12CCC(CC1)C2)C12CCC(CC1)C2. The van der Waals surface area contributed by atoms with Gasteiger partial charge in [-0.15, -0.1) is 7.80 Å². The van der Waals surface area contributed by atoms with E-state index in [4.69, 9.17) is 0 Å². The van der Waals surface area contributed by atoms with Crippen molar-refractivity contribution in [1.82, 2.24) is 0 Å². The predicted octanol–water partition coefficient (Wildman–Crippen LogP) is 3.68. The van der Waals surface area contributed by atoms with Crippen molar-refractivity contribution in [3.05, 3.63) is 0 Å². The van der Waals surface area contributed by atoms with Crippen LogP contribution in [0.15, 0.2) is 0 Å². The van der Waals surface area contributed by atoms with Gasteiger partial charge in [0, 0.05) is 0 Å². The zero-order chi connectivity index (χ0) is 10.8. The lowest BCUT2D eigenvalue weighted by Gasteiger charge is -2.46. The maximum Gasteiger partial charge on any atom is 0.135 e. The third-order valence-corrected chi connectivity index (χ3v) is 10.9. The van der Waals surface area contributed by atoms with E-state index in [-0.39, 0.29) is 0 Å². The third kappa shape index (κ3) is 1.22. The van der Waals surface area contributed by atoms with Gasteiger partial charge in [-0.2, -0.15) is 0 Å². The predicted molar refractivity (Wildman–Crippen MR) is 74.1 cm³/mol. The normalized spacial score (nSPS) is 56.0. The Morgan fingerprint density at radius 3 is 1.38 bits per heavy atom. The third-order valence-electron chi connectivity index (χ3n) is 6.83. The Kier molecular flexibility index (Phi) is 2.14. The number of rotatable bonds is 2. The van der Waals surface area contributed by atoms with Crippen LogP contribution < -0.4 is 0 Å². The molecule has 4 saturated carbocycles. The topological polar surface area (TPSA) is 0 Å². The maximum absolute atomic E-state index is 2.72. The lowest BCUT2D eigenvalue weighted by Crippen LogP contribution is -2.32. The van der Waals surface area contributed by atoms with Crippen LogP contribution in [0.1, 0.15) is 64.2 Å². The Hall–Kier alpha value is 0.495. The summed E-state index contributed by atoms with van der Waals surface area (Å²) in [5.74, 6) is 2.31. The van der Waals surface area contributed by atoms with Gasteiger partial charge in [0.1, 0.15) is 7.57 Å². The van der Waals surface area contributed by atoms with Crippen molar-refractivity contribution in [3.8, 4) is 0 Å². The first-order chi connectivity index (χ1) is 7.73. The molecular weight excluding hydrogens is 210 g/mol. The van der Waals surface area contributed by atoms with Crippen molar-refractivity contribution in [2.45, 2.75) is 74.5 Å². The summed E-state index contributed by atoms with van der Waals surface area (Å²) in [6.45, 7) is 0. The Bertz CT molecular complexity index is 268. The highest BCUT2D eigenvalue weighted by molar-refractivity contribution is 7.84. The fourth-order valence-corrected chi connectivity index (χ4v) is 9.70. The summed E-state index contributed by atoms with van der Waals surface area (Å²) in [5, 5.41) is 1.78. The van der Waals surface area contributed by atoms with Crippen molar-refractivity contribution in [2.24, 2.45) is 11.8 Å². The zero-order valence-electron chi connectivity index (χ0n) is 10.7. The molecule has 0 amide bonds. The van der Waals surface area contributed by atoms with Gasteiger partial charge < -0.3 is 0 Å². The zero-order valence-corrected chi connectivity index (χ0v) is 11.6. The minimum absolute atomic E-state index is 0.332. The first kappa shape index (κ1) is 10.4. The standard InChI is InChI=1S/C14H24BP/c15-16(13-5-1-11(9-13)2-6-13)14-7-3-12(10-14)4-8-14/h11-12H,1-10,15H2. The van der Waals surface area contributed by atoms with Crippen molar-refractivity contribution < 1.29 is 0 Å². The summed E-state index contributed by atoms with van der Waals surface area (Å²) >= 11 is 0. The van der Waals surface area contributed by atoms with Gasteiger partial charge in [-0.3, -0.25) is 0 Å². The fraction of sp³-hybridized carbons (Fsp3) is 1.00. The molecule has 0 aromatic rings. The minimum atomic E-state index is 0.332. The molecule has 0 saturated heterocycles. The molecule has 4 aliphatic rings. The van der Waals surface area contributed by atoms with Crippen LogP contribution in [0, 0.1) is 11.8 Å². The molecule has 16 heavy (non-hydrogen) atoms. The van der Waals surface area contributed by atoms with Crippen LogP contribution in [-0.4, -0.2) is 17.9 Å². The van der Waals surface area contributed by atoms with E-state index in [1.807, 2.05) is 0 Å². The van der Waals surface area contributed by atoms with E-state index in [0.717, 1.165) is 22.1 Å². The van der Waals surface area contributed by atoms with Crippen LogP contribution in [0.2, 0.25) is 0 Å². The second-order valence-electron chi connectivity index (χ2n) is 7.30. The Morgan fingerprint density at radius 2 is 1.12 bits per heavy atom. The lowest BCUT2D eigenvalue weighted by molar-refractivity contribution is 0.477. The van der Waals surface area contributed by atoms with E-state index in [1.165, 1.54) is 0 Å². The highest BCUT2D eigenvalue weighted by Crippen LogP contribution is 2.75. The van der Waals surface area contributed by atoms with E-state index in [1.54, 1.807) is 64.2 Å². The average Bonchev–Trinajstić information content (AvgIpc) is 3.08. The van der Waals surface area contributed by atoms with E-state index < -0.39 is 0 Å². The summed E-state index contributed by atoms with van der Waals surface area (Å²) in [4.78, 5) is 0. The molecule has 0 unspecified atom stereocenters. The molecule has 2 heteroatoms. The van der Waals surface area contributed by atoms with Crippen LogP contribution in [0.3, 0.4) is 0 Å². The van der Waals surface area contributed by atoms with Gasteiger partial charge in [0.2, 0.25) is 0 Å². The van der Waals surface area contributed by atoms with Crippen molar-refractivity contribution >= 4 is 15.4 Å². The highest BCUT2D eigenvalue weighted by atomic mass is 31.1. The first-order valence-electron chi connectivity index (χ1n) is 7.47. The van der Waals surface area contributed by atoms with Crippen LogP contribution >= 0.6 is 7.80 Å². The van der Waals surface area contributed by atoms with Crippen LogP contribution in [0.4, 0.5) is 0 Å². The summed E-state index contributed by atoms with van der Waals surface area (Å²) in [6.07, 6.45) is 16.1. The summed E-state index contributed by atoms with van der Waals surface area (Å²) in [5.41, 5.74) is 0. The largest absolute Gasteiger partial charge is 0.136 e. The van der Waals surface area contributed by atoms with Crippen molar-refractivity contribution in [2.75, 3.05) is 0 Å². The van der Waals surface area contributed by atoms with Gasteiger partial charge in [0.15, 0.2) is 0 Å². The Labute approximate surface area is 102 Å². The summed E-state index contributed by atoms with van der Waals surface area (Å²) < 4.78 is 0. The second kappa shape index (κ2) is 3.28. The highest BCUT2D eigenvalue weighted by Gasteiger charge is 2.57. The molecule has 0 spiro atoms. The summed E-state index contributed by atoms with van der Waals surface area (Å²) in [6, 6.07) is 0. The molecule has 0 radical (unpaired) electrons. The van der Waals surface area contributed by atoms with Gasteiger partial charge in [0.05, 0.1) is 0 Å². The quantitative estimate of drug-likeness (QED) is 0.505. The molecule has 0 heterocycles. The molecule has 4 aliphatic carbocycles. The Balaban J connectivity index is 1.63. The van der Waals surface area contributed by atoms with E-state index in [9.17, 15) is 0 Å². The average molecular weight is 234 g/mol. The number of hydrogen-bond acceptors (Lipinski definition) is 0. The van der Waals surface area contributed by atoms with E-state index in [2.05, 4.69) is 7.57 Å². The van der Waals surface area contributed by atoms with Crippen LogP contribution in [0.5, 0.6) is 0 Å². The molecule has 0 atom stereocenters. The summed E-state index contributed by atoms with van der Waals surface area (Å²) in [7, 11) is 3.05. The monoisotopic (exact) mass is 234 g/mol. The first-order valence-corrected chi connectivity index (χ1v) is 9.25. The van der Waals surface area contributed by atoms with Crippen molar-refractivity contribution in [1.29, 1.82) is 0 Å². The fourth-order valence-electron chi connectivity index (χ4n) is 5.77. The molecule has 0 aromatic carbocycles. The lowest BCUT2D eigenvalue weighted by atomic mass is 9.99. The molecule has 4 rings (SSSR count). The van der Waals surface area contributed by atoms with Gasteiger partial charge in [0.25, 0.3) is 0 Å². The van der Waals surface area contributed by atoms with E-state index >= 15 is 0 Å². The second-order valence-corrected chi connectivity index (χ2v) is 10.3. The smallest absolute Gasteiger partial charge is 0.135 e. The van der Waals surface area contributed by atoms with Crippen molar-refractivity contribution in [3.63, 3.8) is 0 Å². The molecular formula is C14H24BP. The molecule has 0 N–H and O–H groups in total. The minimum Gasteiger partial charge on any atom is -0.136 e. The maximum atomic E-state index is 2.72.